The molecule has 0 unspecified atom stereocenters. The monoisotopic (exact) mass is 283 g/mol. The summed E-state index contributed by atoms with van der Waals surface area (Å²) in [4.78, 5) is 0. The van der Waals surface area contributed by atoms with Gasteiger partial charge in [0.05, 0.1) is 13.2 Å². The number of nitrogens with zero attached hydrogens (tertiary/aromatic N) is 1. The van der Waals surface area contributed by atoms with E-state index in [1.165, 1.54) is 27.4 Å². The molecule has 0 saturated heterocycles. The van der Waals surface area contributed by atoms with Gasteiger partial charge in [-0.3, -0.25) is 0 Å². The molecule has 0 amide bonds. The first-order valence-electron chi connectivity index (χ1n) is 7.65. The van der Waals surface area contributed by atoms with Gasteiger partial charge in [0.15, 0.2) is 0 Å². The summed E-state index contributed by atoms with van der Waals surface area (Å²) in [7, 11) is 1.75. The standard InChI is InChI=1S/C18H22N2O/c1-3-20-17-7-5-4-6-15(17)16-12-14(8-9-18(16)20)13-19-10-11-21-2/h4-9,12,19H,3,10-11,13H2,1-2H3/p+1. The molecule has 0 aliphatic carbocycles. The van der Waals surface area contributed by atoms with Crippen molar-refractivity contribution in [2.75, 3.05) is 20.3 Å². The number of benzene rings is 2. The molecule has 2 aromatic carbocycles. The van der Waals surface area contributed by atoms with E-state index in [-0.39, 0.29) is 0 Å². The molecule has 0 aliphatic rings. The van der Waals surface area contributed by atoms with Crippen molar-refractivity contribution in [3.8, 4) is 0 Å². The average Bonchev–Trinajstić information content (AvgIpc) is 2.85. The minimum atomic E-state index is 0.803. The molecule has 3 rings (SSSR count). The summed E-state index contributed by atoms with van der Waals surface area (Å²) < 4.78 is 7.48. The third-order valence-electron chi connectivity index (χ3n) is 4.06. The lowest BCUT2D eigenvalue weighted by Gasteiger charge is -2.04. The van der Waals surface area contributed by atoms with E-state index in [2.05, 4.69) is 59.3 Å². The molecular formula is C18H23N2O+. The van der Waals surface area contributed by atoms with Crippen LogP contribution in [0.4, 0.5) is 0 Å². The molecule has 0 bridgehead atoms. The lowest BCUT2D eigenvalue weighted by molar-refractivity contribution is -0.671. The first-order valence-corrected chi connectivity index (χ1v) is 7.65. The second-order valence-electron chi connectivity index (χ2n) is 5.39. The van der Waals surface area contributed by atoms with Gasteiger partial charge in [-0.1, -0.05) is 24.3 Å². The van der Waals surface area contributed by atoms with Crippen molar-refractivity contribution in [2.45, 2.75) is 20.0 Å². The summed E-state index contributed by atoms with van der Waals surface area (Å²) in [6, 6.07) is 15.5. The summed E-state index contributed by atoms with van der Waals surface area (Å²) in [6.45, 7) is 6.02. The van der Waals surface area contributed by atoms with Gasteiger partial charge in [0.1, 0.15) is 6.54 Å². The summed E-state index contributed by atoms with van der Waals surface area (Å²) >= 11 is 0. The molecule has 0 fully saturated rings. The molecule has 3 nitrogen and oxygen atoms in total. The molecule has 0 spiro atoms. The minimum absolute atomic E-state index is 0.803. The number of rotatable bonds is 6. The van der Waals surface area contributed by atoms with Crippen molar-refractivity contribution in [1.82, 2.24) is 4.57 Å². The lowest BCUT2D eigenvalue weighted by Crippen LogP contribution is -2.83. The molecule has 21 heavy (non-hydrogen) atoms. The van der Waals surface area contributed by atoms with Crippen LogP contribution in [0.25, 0.3) is 21.8 Å². The zero-order valence-corrected chi connectivity index (χ0v) is 12.8. The minimum Gasteiger partial charge on any atom is -0.379 e. The van der Waals surface area contributed by atoms with Crippen LogP contribution in [0.1, 0.15) is 12.5 Å². The number of quaternary nitrogens is 1. The van der Waals surface area contributed by atoms with Gasteiger partial charge in [-0.25, -0.2) is 0 Å². The van der Waals surface area contributed by atoms with Crippen LogP contribution >= 0.6 is 0 Å². The van der Waals surface area contributed by atoms with Crippen LogP contribution in [-0.2, 0) is 17.8 Å². The fourth-order valence-electron chi connectivity index (χ4n) is 3.04. The number of hydrogen-bond donors (Lipinski definition) is 1. The van der Waals surface area contributed by atoms with Gasteiger partial charge in [-0.2, -0.15) is 0 Å². The van der Waals surface area contributed by atoms with Crippen LogP contribution in [-0.4, -0.2) is 24.8 Å². The predicted octanol–water partition coefficient (Wildman–Crippen LogP) is 2.52. The fraction of sp³-hybridized carbons (Fsp3) is 0.333. The molecule has 1 aromatic heterocycles. The third kappa shape index (κ3) is 2.67. The lowest BCUT2D eigenvalue weighted by atomic mass is 10.1. The highest BCUT2D eigenvalue weighted by atomic mass is 16.5. The number of ether oxygens (including phenoxy) is 1. The Hall–Kier alpha value is -1.84. The molecule has 0 saturated carbocycles. The second-order valence-corrected chi connectivity index (χ2v) is 5.39. The van der Waals surface area contributed by atoms with Crippen LogP contribution in [0.5, 0.6) is 0 Å². The van der Waals surface area contributed by atoms with Gasteiger partial charge in [0.25, 0.3) is 0 Å². The predicted molar refractivity (Wildman–Crippen MR) is 87.5 cm³/mol. The van der Waals surface area contributed by atoms with E-state index >= 15 is 0 Å². The number of para-hydroxylation sites is 1. The summed E-state index contributed by atoms with van der Waals surface area (Å²) in [5.74, 6) is 0. The molecule has 2 N–H and O–H groups in total. The van der Waals surface area contributed by atoms with Gasteiger partial charge in [-0.15, -0.1) is 0 Å². The van der Waals surface area contributed by atoms with E-state index in [0.717, 1.165) is 26.2 Å². The van der Waals surface area contributed by atoms with Gasteiger partial charge in [0, 0.05) is 41.0 Å². The van der Waals surface area contributed by atoms with Gasteiger partial charge >= 0.3 is 0 Å². The number of nitrogens with two attached hydrogens (primary N) is 1. The Morgan fingerprint density at radius 2 is 1.86 bits per heavy atom. The van der Waals surface area contributed by atoms with Crippen molar-refractivity contribution >= 4 is 21.8 Å². The van der Waals surface area contributed by atoms with E-state index in [1.54, 1.807) is 7.11 Å². The SMILES string of the molecule is CCn1c2ccccc2c2cc(C[NH2+]CCOC)ccc21. The first-order chi connectivity index (χ1) is 10.3. The number of fused-ring (bicyclic) bond motifs is 3. The van der Waals surface area contributed by atoms with E-state index in [9.17, 15) is 0 Å². The van der Waals surface area contributed by atoms with Crippen molar-refractivity contribution in [2.24, 2.45) is 0 Å². The molecule has 0 atom stereocenters. The summed E-state index contributed by atoms with van der Waals surface area (Å²) in [5.41, 5.74) is 4.03. The molecule has 110 valence electrons. The van der Waals surface area contributed by atoms with Crippen molar-refractivity contribution in [3.05, 3.63) is 48.0 Å². The number of aromatic nitrogens is 1. The molecule has 3 aromatic rings. The highest BCUT2D eigenvalue weighted by molar-refractivity contribution is 6.08. The molecule has 0 radical (unpaired) electrons. The van der Waals surface area contributed by atoms with E-state index < -0.39 is 0 Å². The highest BCUT2D eigenvalue weighted by Crippen LogP contribution is 2.29. The molecular weight excluding hydrogens is 260 g/mol. The quantitative estimate of drug-likeness (QED) is 0.692. The van der Waals surface area contributed by atoms with E-state index in [4.69, 9.17) is 4.74 Å². The maximum Gasteiger partial charge on any atom is 0.101 e. The molecule has 1 heterocycles. The summed E-state index contributed by atoms with van der Waals surface area (Å²) in [5, 5.41) is 5.02. The number of methoxy groups -OCH3 is 1. The van der Waals surface area contributed by atoms with E-state index in [0.29, 0.717) is 0 Å². The molecule has 3 heteroatoms. The zero-order valence-electron chi connectivity index (χ0n) is 12.8. The smallest absolute Gasteiger partial charge is 0.101 e. The van der Waals surface area contributed by atoms with Crippen LogP contribution in [0.2, 0.25) is 0 Å². The molecule has 0 aliphatic heterocycles. The van der Waals surface area contributed by atoms with Crippen LogP contribution in [0, 0.1) is 0 Å². The van der Waals surface area contributed by atoms with Crippen molar-refractivity contribution in [3.63, 3.8) is 0 Å². The fourth-order valence-corrected chi connectivity index (χ4v) is 3.04. The van der Waals surface area contributed by atoms with Crippen LogP contribution in [0.3, 0.4) is 0 Å². The number of hydrogen-bond acceptors (Lipinski definition) is 1. The maximum absolute atomic E-state index is 5.09. The second kappa shape index (κ2) is 6.29. The van der Waals surface area contributed by atoms with Crippen molar-refractivity contribution in [1.29, 1.82) is 0 Å². The Labute approximate surface area is 125 Å². The Balaban J connectivity index is 1.99. The highest BCUT2D eigenvalue weighted by Gasteiger charge is 2.09. The Morgan fingerprint density at radius 3 is 2.67 bits per heavy atom. The topological polar surface area (TPSA) is 30.8 Å². The van der Waals surface area contributed by atoms with Crippen LogP contribution in [0.15, 0.2) is 42.5 Å². The third-order valence-corrected chi connectivity index (χ3v) is 4.06. The number of aryl methyl sites for hydroxylation is 1. The Kier molecular flexibility index (Phi) is 4.23. The van der Waals surface area contributed by atoms with Crippen LogP contribution < -0.4 is 5.32 Å². The average molecular weight is 283 g/mol. The largest absolute Gasteiger partial charge is 0.379 e. The van der Waals surface area contributed by atoms with Gasteiger partial charge in [-0.05, 0) is 25.1 Å². The van der Waals surface area contributed by atoms with Gasteiger partial charge < -0.3 is 14.6 Å². The first kappa shape index (κ1) is 14.1. The Bertz CT molecular complexity index is 745. The van der Waals surface area contributed by atoms with Crippen molar-refractivity contribution < 1.29 is 10.1 Å². The normalized spacial score (nSPS) is 11.5. The summed E-state index contributed by atoms with van der Waals surface area (Å²) in [6.07, 6.45) is 0. The zero-order chi connectivity index (χ0) is 14.7. The van der Waals surface area contributed by atoms with E-state index in [1.807, 2.05) is 0 Å². The van der Waals surface area contributed by atoms with Gasteiger partial charge in [0.2, 0.25) is 0 Å². The maximum atomic E-state index is 5.09. The Morgan fingerprint density at radius 1 is 1.05 bits per heavy atom.